The molecule has 6 rings (SSSR count). The van der Waals surface area contributed by atoms with Gasteiger partial charge in [0.25, 0.3) is 5.56 Å². The van der Waals surface area contributed by atoms with Crippen LogP contribution in [0.3, 0.4) is 0 Å². The van der Waals surface area contributed by atoms with Gasteiger partial charge in [0.2, 0.25) is 0 Å². The van der Waals surface area contributed by atoms with Crippen molar-refractivity contribution in [2.45, 2.75) is 26.4 Å². The smallest absolute Gasteiger partial charge is 0.338 e. The fourth-order valence-corrected chi connectivity index (χ4v) is 7.17. The maximum Gasteiger partial charge on any atom is 0.338 e. The van der Waals surface area contributed by atoms with Crippen LogP contribution < -0.4 is 19.6 Å². The van der Waals surface area contributed by atoms with E-state index < -0.39 is 12.0 Å². The molecule has 3 heterocycles. The molecule has 5 aromatic rings. The van der Waals surface area contributed by atoms with Crippen LogP contribution in [0.15, 0.2) is 98.5 Å². The number of methoxy groups -OCH3 is 1. The largest absolute Gasteiger partial charge is 0.496 e. The van der Waals surface area contributed by atoms with Gasteiger partial charge in [-0.05, 0) is 71.2 Å². The fourth-order valence-electron chi connectivity index (χ4n) is 5.57. The zero-order valence-corrected chi connectivity index (χ0v) is 26.6. The van der Waals surface area contributed by atoms with E-state index >= 15 is 0 Å². The van der Waals surface area contributed by atoms with Crippen LogP contribution in [-0.4, -0.2) is 28.8 Å². The fraction of sp³-hybridized carbons (Fsp3) is 0.176. The summed E-state index contributed by atoms with van der Waals surface area (Å²) >= 11 is 4.83. The molecule has 0 spiro atoms. The number of nitrogens with zero attached hydrogens (tertiary/aromatic N) is 4. The SMILES string of the molecule is CCOC(=O)C1=C(C)N=c2s/c(=C/c3cn(Cc4ccccc4C#N)c4ccccc34)c(=O)n2[C@H]1c1ccc(OC)c(Br)c1. The Labute approximate surface area is 265 Å². The molecule has 0 bridgehead atoms. The summed E-state index contributed by atoms with van der Waals surface area (Å²) in [5.74, 6) is 0.119. The predicted octanol–water partition coefficient (Wildman–Crippen LogP) is 5.44. The first kappa shape index (κ1) is 29.4. The number of hydrogen-bond acceptors (Lipinski definition) is 7. The van der Waals surface area contributed by atoms with E-state index in [0.29, 0.717) is 42.9 Å². The minimum Gasteiger partial charge on any atom is -0.496 e. The molecule has 0 N–H and O–H groups in total. The maximum absolute atomic E-state index is 14.2. The molecule has 10 heteroatoms. The Balaban J connectivity index is 1.52. The van der Waals surface area contributed by atoms with E-state index in [4.69, 9.17) is 14.5 Å². The molecule has 0 saturated heterocycles. The molecule has 8 nitrogen and oxygen atoms in total. The molecule has 0 radical (unpaired) electrons. The molecule has 1 aliphatic heterocycles. The van der Waals surface area contributed by atoms with Gasteiger partial charge in [-0.3, -0.25) is 9.36 Å². The molecule has 0 fully saturated rings. The lowest BCUT2D eigenvalue weighted by atomic mass is 9.96. The molecule has 1 atom stereocenters. The van der Waals surface area contributed by atoms with E-state index in [0.717, 1.165) is 27.6 Å². The zero-order valence-electron chi connectivity index (χ0n) is 24.2. The number of para-hydroxylation sites is 1. The number of carbonyl (C=O) groups excluding carboxylic acids is 1. The van der Waals surface area contributed by atoms with Gasteiger partial charge in [-0.15, -0.1) is 0 Å². The van der Waals surface area contributed by atoms with Crippen LogP contribution in [0, 0.1) is 11.3 Å². The number of fused-ring (bicyclic) bond motifs is 2. The molecule has 44 heavy (non-hydrogen) atoms. The highest BCUT2D eigenvalue weighted by Crippen LogP contribution is 2.35. The van der Waals surface area contributed by atoms with E-state index in [1.54, 1.807) is 31.6 Å². The highest BCUT2D eigenvalue weighted by molar-refractivity contribution is 9.10. The summed E-state index contributed by atoms with van der Waals surface area (Å²) < 4.78 is 15.7. The van der Waals surface area contributed by atoms with E-state index in [2.05, 4.69) is 26.6 Å². The van der Waals surface area contributed by atoms with Crippen LogP contribution in [0.5, 0.6) is 5.75 Å². The maximum atomic E-state index is 14.2. The van der Waals surface area contributed by atoms with E-state index in [1.165, 1.54) is 11.3 Å². The van der Waals surface area contributed by atoms with Crippen LogP contribution in [0.25, 0.3) is 17.0 Å². The molecule has 1 aliphatic rings. The molecule has 0 aliphatic carbocycles. The van der Waals surface area contributed by atoms with Gasteiger partial charge >= 0.3 is 5.97 Å². The number of allylic oxidation sites excluding steroid dienone is 1. The first-order valence-electron chi connectivity index (χ1n) is 13.9. The Hall–Kier alpha value is -4.72. The van der Waals surface area contributed by atoms with E-state index in [1.807, 2.05) is 72.9 Å². The topological polar surface area (TPSA) is 98.6 Å². The van der Waals surface area contributed by atoms with Crippen molar-refractivity contribution in [3.63, 3.8) is 0 Å². The minimum atomic E-state index is -0.738. The summed E-state index contributed by atoms with van der Waals surface area (Å²) in [5.41, 5.74) is 4.66. The normalized spacial score (nSPS) is 14.7. The van der Waals surface area contributed by atoms with Gasteiger partial charge in [-0.1, -0.05) is 53.8 Å². The van der Waals surface area contributed by atoms with Gasteiger partial charge in [0.15, 0.2) is 4.80 Å². The number of benzene rings is 3. The summed E-state index contributed by atoms with van der Waals surface area (Å²) in [4.78, 5) is 32.6. The average Bonchev–Trinajstić information content (AvgIpc) is 3.52. The van der Waals surface area contributed by atoms with Crippen molar-refractivity contribution in [2.24, 2.45) is 4.99 Å². The third-order valence-electron chi connectivity index (χ3n) is 7.59. The second-order valence-electron chi connectivity index (χ2n) is 10.2. The standard InChI is InChI=1S/C34H27BrN4O4S/c1-4-43-33(41)30-20(2)37-34-39(31(30)21-13-14-28(42-3)26(35)15-21)32(40)29(44-34)16-24-19-38(27-12-8-7-11-25(24)27)18-23-10-6-5-9-22(23)17-36/h5-16,19,31H,4,18H2,1-3H3/b29-16+/t31-/m0/s1. The number of thiazole rings is 1. The second kappa shape index (κ2) is 12.1. The Morgan fingerprint density at radius 1 is 1.16 bits per heavy atom. The van der Waals surface area contributed by atoms with Gasteiger partial charge < -0.3 is 14.0 Å². The lowest BCUT2D eigenvalue weighted by Crippen LogP contribution is -2.39. The van der Waals surface area contributed by atoms with Gasteiger partial charge in [-0.25, -0.2) is 9.79 Å². The Morgan fingerprint density at radius 3 is 2.68 bits per heavy atom. The Morgan fingerprint density at radius 2 is 1.93 bits per heavy atom. The summed E-state index contributed by atoms with van der Waals surface area (Å²) in [6.07, 6.45) is 3.88. The van der Waals surface area contributed by atoms with E-state index in [9.17, 15) is 14.9 Å². The summed E-state index contributed by atoms with van der Waals surface area (Å²) in [5, 5.41) is 10.6. The van der Waals surface area contributed by atoms with Crippen molar-refractivity contribution >= 4 is 50.2 Å². The van der Waals surface area contributed by atoms with E-state index in [-0.39, 0.29) is 12.2 Å². The van der Waals surface area contributed by atoms with Gasteiger partial charge in [0, 0.05) is 29.2 Å². The number of halogens is 1. The number of nitriles is 1. The molecule has 0 amide bonds. The monoisotopic (exact) mass is 666 g/mol. The predicted molar refractivity (Wildman–Crippen MR) is 173 cm³/mol. The van der Waals surface area contributed by atoms with Crippen LogP contribution in [0.2, 0.25) is 0 Å². The Kier molecular flexibility index (Phi) is 8.08. The number of carbonyl (C=O) groups is 1. The first-order valence-corrected chi connectivity index (χ1v) is 15.5. The van der Waals surface area contributed by atoms with Crippen LogP contribution in [-0.2, 0) is 16.1 Å². The molecule has 220 valence electrons. The van der Waals surface area contributed by atoms with Crippen molar-refractivity contribution in [2.75, 3.05) is 13.7 Å². The zero-order chi connectivity index (χ0) is 31.0. The van der Waals surface area contributed by atoms with Gasteiger partial charge in [0.1, 0.15) is 5.75 Å². The summed E-state index contributed by atoms with van der Waals surface area (Å²) in [6.45, 7) is 4.22. The van der Waals surface area contributed by atoms with Crippen molar-refractivity contribution < 1.29 is 14.3 Å². The second-order valence-corrected chi connectivity index (χ2v) is 12.1. The molecule has 0 unspecified atom stereocenters. The lowest BCUT2D eigenvalue weighted by Gasteiger charge is -2.25. The van der Waals surface area contributed by atoms with Crippen molar-refractivity contribution in [3.8, 4) is 11.8 Å². The number of esters is 1. The lowest BCUT2D eigenvalue weighted by molar-refractivity contribution is -0.139. The molecule has 0 saturated carbocycles. The molecule has 3 aromatic carbocycles. The molecular formula is C34H27BrN4O4S. The van der Waals surface area contributed by atoms with Crippen LogP contribution in [0.1, 0.15) is 42.1 Å². The number of aromatic nitrogens is 2. The highest BCUT2D eigenvalue weighted by Gasteiger charge is 2.33. The third kappa shape index (κ3) is 5.19. The summed E-state index contributed by atoms with van der Waals surface area (Å²) in [7, 11) is 1.58. The molecule has 2 aromatic heterocycles. The first-order chi connectivity index (χ1) is 21.3. The van der Waals surface area contributed by atoms with Crippen molar-refractivity contribution in [1.29, 1.82) is 5.26 Å². The average molecular weight is 668 g/mol. The number of ether oxygens (including phenoxy) is 2. The quantitative estimate of drug-likeness (QED) is 0.215. The van der Waals surface area contributed by atoms with Crippen LogP contribution >= 0.6 is 27.3 Å². The van der Waals surface area contributed by atoms with Crippen molar-refractivity contribution in [1.82, 2.24) is 9.13 Å². The van der Waals surface area contributed by atoms with Crippen molar-refractivity contribution in [3.05, 3.63) is 131 Å². The van der Waals surface area contributed by atoms with Crippen LogP contribution in [0.4, 0.5) is 0 Å². The number of hydrogen-bond donors (Lipinski definition) is 0. The highest BCUT2D eigenvalue weighted by atomic mass is 79.9. The van der Waals surface area contributed by atoms with Gasteiger partial charge in [0.05, 0.1) is 51.7 Å². The number of rotatable bonds is 7. The third-order valence-corrected chi connectivity index (χ3v) is 9.20. The summed E-state index contributed by atoms with van der Waals surface area (Å²) in [6, 6.07) is 22.6. The van der Waals surface area contributed by atoms with Gasteiger partial charge in [-0.2, -0.15) is 5.26 Å². The minimum absolute atomic E-state index is 0.196. The molecular weight excluding hydrogens is 640 g/mol. The Bertz CT molecular complexity index is 2200.